The zero-order chi connectivity index (χ0) is 28.2. The molecule has 2 aromatic carbocycles. The highest BCUT2D eigenvalue weighted by Crippen LogP contribution is 2.28. The Kier molecular flexibility index (Phi) is 8.34. The van der Waals surface area contributed by atoms with E-state index in [4.69, 9.17) is 0 Å². The number of allylic oxidation sites excluding steroid dienone is 1. The zero-order valence-electron chi connectivity index (χ0n) is 22.2. The summed E-state index contributed by atoms with van der Waals surface area (Å²) < 4.78 is 41.4. The third-order valence-electron chi connectivity index (χ3n) is 6.23. The fourth-order valence-corrected chi connectivity index (χ4v) is 5.38. The highest BCUT2D eigenvalue weighted by Gasteiger charge is 2.21. The van der Waals surface area contributed by atoms with E-state index >= 15 is 0 Å². The molecule has 0 unspecified atom stereocenters. The first-order valence-electron chi connectivity index (χ1n) is 12.4. The molecule has 1 aliphatic heterocycles. The van der Waals surface area contributed by atoms with Crippen LogP contribution in [0.3, 0.4) is 0 Å². The van der Waals surface area contributed by atoms with Crippen molar-refractivity contribution < 1.29 is 17.6 Å². The number of hydrogen-bond acceptors (Lipinski definition) is 8. The Morgan fingerprint density at radius 1 is 1.05 bits per heavy atom. The highest BCUT2D eigenvalue weighted by molar-refractivity contribution is 7.89. The zero-order valence-corrected chi connectivity index (χ0v) is 23.0. The number of aryl methyl sites for hydroxylation is 1. The van der Waals surface area contributed by atoms with Gasteiger partial charge in [0.25, 0.3) is 10.0 Å². The minimum absolute atomic E-state index is 0.0457. The van der Waals surface area contributed by atoms with Crippen LogP contribution in [0.2, 0.25) is 0 Å². The minimum atomic E-state index is -3.74. The maximum absolute atomic E-state index is 14.0. The number of piperazine rings is 1. The highest BCUT2D eigenvalue weighted by atomic mass is 32.2. The van der Waals surface area contributed by atoms with Gasteiger partial charge in [-0.05, 0) is 50.2 Å². The summed E-state index contributed by atoms with van der Waals surface area (Å²) in [5.74, 6) is 0.827. The number of rotatable bonds is 9. The molecule has 39 heavy (non-hydrogen) atoms. The van der Waals surface area contributed by atoms with Crippen LogP contribution < -0.4 is 20.3 Å². The number of sulfonamides is 1. The molecular formula is C27H32FN7O3S. The normalized spacial score (nSPS) is 13.6. The first kappa shape index (κ1) is 27.8. The van der Waals surface area contributed by atoms with Crippen LogP contribution in [0.4, 0.5) is 33.2 Å². The van der Waals surface area contributed by atoms with Gasteiger partial charge in [0.15, 0.2) is 0 Å². The van der Waals surface area contributed by atoms with Crippen molar-refractivity contribution in [3.8, 4) is 0 Å². The number of carbonyl (C=O) groups is 1. The van der Waals surface area contributed by atoms with Gasteiger partial charge in [-0.25, -0.2) is 17.8 Å². The van der Waals surface area contributed by atoms with Gasteiger partial charge in [0.2, 0.25) is 11.9 Å². The molecule has 10 nitrogen and oxygen atoms in total. The van der Waals surface area contributed by atoms with E-state index in [1.165, 1.54) is 12.1 Å². The summed E-state index contributed by atoms with van der Waals surface area (Å²) in [4.78, 5) is 24.5. The molecule has 1 aliphatic rings. The van der Waals surface area contributed by atoms with Gasteiger partial charge in [0.05, 0.1) is 4.90 Å². The fourth-order valence-electron chi connectivity index (χ4n) is 4.26. The lowest BCUT2D eigenvalue weighted by atomic mass is 10.1. The summed E-state index contributed by atoms with van der Waals surface area (Å²) in [5, 5.41) is 6.28. The maximum atomic E-state index is 14.0. The van der Waals surface area contributed by atoms with Crippen molar-refractivity contribution in [1.82, 2.24) is 19.6 Å². The van der Waals surface area contributed by atoms with Gasteiger partial charge in [0.1, 0.15) is 12.5 Å². The molecule has 0 spiro atoms. The molecule has 0 bridgehead atoms. The maximum Gasteiger partial charge on any atom is 0.261 e. The lowest BCUT2D eigenvalue weighted by Gasteiger charge is -2.36. The third-order valence-corrected chi connectivity index (χ3v) is 7.72. The number of carbonyl (C=O) groups excluding carboxylic acids is 1. The van der Waals surface area contributed by atoms with Crippen LogP contribution in [0, 0.1) is 6.92 Å². The number of hydrogen-bond donors (Lipinski definition) is 3. The van der Waals surface area contributed by atoms with Gasteiger partial charge >= 0.3 is 0 Å². The van der Waals surface area contributed by atoms with Crippen LogP contribution in [0.25, 0.3) is 0 Å². The van der Waals surface area contributed by atoms with Gasteiger partial charge in [-0.15, -0.1) is 0 Å². The quantitative estimate of drug-likeness (QED) is 0.360. The summed E-state index contributed by atoms with van der Waals surface area (Å²) in [7, 11) is -3.74. The predicted molar refractivity (Wildman–Crippen MR) is 151 cm³/mol. The van der Waals surface area contributed by atoms with E-state index in [9.17, 15) is 17.6 Å². The van der Waals surface area contributed by atoms with E-state index in [1.807, 2.05) is 19.1 Å². The van der Waals surface area contributed by atoms with Crippen molar-refractivity contribution in [2.45, 2.75) is 32.3 Å². The molecule has 3 N–H and O–H groups in total. The van der Waals surface area contributed by atoms with E-state index in [-0.39, 0.29) is 10.8 Å². The second kappa shape index (κ2) is 11.7. The number of amides is 1. The molecule has 12 heteroatoms. The summed E-state index contributed by atoms with van der Waals surface area (Å²) in [6, 6.07) is 11.8. The van der Waals surface area contributed by atoms with Crippen molar-refractivity contribution >= 4 is 44.8 Å². The number of halogens is 1. The molecule has 1 saturated heterocycles. The van der Waals surface area contributed by atoms with Crippen LogP contribution in [0.1, 0.15) is 25.0 Å². The van der Waals surface area contributed by atoms with Crippen LogP contribution in [0.15, 0.2) is 65.8 Å². The van der Waals surface area contributed by atoms with E-state index in [0.717, 1.165) is 11.3 Å². The second-order valence-electron chi connectivity index (χ2n) is 9.36. The van der Waals surface area contributed by atoms with Crippen molar-refractivity contribution in [3.63, 3.8) is 0 Å². The predicted octanol–water partition coefficient (Wildman–Crippen LogP) is 4.22. The monoisotopic (exact) mass is 553 g/mol. The molecule has 0 aliphatic carbocycles. The summed E-state index contributed by atoms with van der Waals surface area (Å²) in [6.07, 6.45) is 1.64. The van der Waals surface area contributed by atoms with Crippen molar-refractivity contribution in [1.29, 1.82) is 0 Å². The van der Waals surface area contributed by atoms with Crippen molar-refractivity contribution in [2.24, 2.45) is 0 Å². The Labute approximate surface area is 228 Å². The lowest BCUT2D eigenvalue weighted by molar-refractivity contribution is -0.129. The molecule has 3 aromatic rings. The third kappa shape index (κ3) is 6.82. The molecule has 0 saturated carbocycles. The number of aromatic nitrogens is 2. The van der Waals surface area contributed by atoms with Crippen LogP contribution >= 0.6 is 0 Å². The molecule has 0 radical (unpaired) electrons. The topological polar surface area (TPSA) is 120 Å². The standard InChI is InChI=1S/C27H32FN7O3S/c1-18(2)33-39(37,38)24-7-5-6-22(15-24)30-26-19(3)17-29-27(32-26)31-23-8-9-25(21(14-23)16-28)35-12-10-34(11-13-35)20(4)36/h5-9,14-15,17,33H,1,10-13,16H2,2-4H3,(H2,29,30,31,32). The number of benzene rings is 2. The Balaban J connectivity index is 1.50. The van der Waals surface area contributed by atoms with E-state index in [0.29, 0.717) is 60.6 Å². The average Bonchev–Trinajstić information content (AvgIpc) is 2.90. The molecule has 1 fully saturated rings. The van der Waals surface area contributed by atoms with Crippen LogP contribution in [0.5, 0.6) is 0 Å². The number of anilines is 5. The number of nitrogens with zero attached hydrogens (tertiary/aromatic N) is 4. The van der Waals surface area contributed by atoms with Crippen LogP contribution in [-0.4, -0.2) is 55.4 Å². The molecule has 2 heterocycles. The Hall–Kier alpha value is -4.19. The first-order valence-corrected chi connectivity index (χ1v) is 13.9. The molecular weight excluding hydrogens is 521 g/mol. The van der Waals surface area contributed by atoms with E-state index < -0.39 is 16.7 Å². The van der Waals surface area contributed by atoms with E-state index in [2.05, 4.69) is 36.8 Å². The molecule has 206 valence electrons. The molecule has 1 amide bonds. The van der Waals surface area contributed by atoms with Crippen molar-refractivity contribution in [2.75, 3.05) is 41.7 Å². The fraction of sp³-hybridized carbons (Fsp3) is 0.296. The molecule has 0 atom stereocenters. The Morgan fingerprint density at radius 3 is 2.44 bits per heavy atom. The van der Waals surface area contributed by atoms with E-state index in [1.54, 1.807) is 43.1 Å². The lowest BCUT2D eigenvalue weighted by Crippen LogP contribution is -2.48. The second-order valence-corrected chi connectivity index (χ2v) is 11.0. The SMILES string of the molecule is C=C(C)NS(=O)(=O)c1cccc(Nc2nc(Nc3ccc(N4CCN(C(C)=O)CC4)c(CF)c3)ncc2C)c1. The smallest absolute Gasteiger partial charge is 0.261 e. The van der Waals surface area contributed by atoms with Gasteiger partial charge in [-0.1, -0.05) is 12.6 Å². The number of alkyl halides is 1. The summed E-state index contributed by atoms with van der Waals surface area (Å²) in [5.41, 5.74) is 3.55. The minimum Gasteiger partial charge on any atom is -0.368 e. The van der Waals surface area contributed by atoms with Gasteiger partial charge in [-0.3, -0.25) is 9.52 Å². The molecule has 1 aromatic heterocycles. The summed E-state index contributed by atoms with van der Waals surface area (Å²) in [6.45, 7) is 10.4. The van der Waals surface area contributed by atoms with Gasteiger partial charge < -0.3 is 20.4 Å². The Morgan fingerprint density at radius 2 is 1.77 bits per heavy atom. The summed E-state index contributed by atoms with van der Waals surface area (Å²) >= 11 is 0. The average molecular weight is 554 g/mol. The molecule has 4 rings (SSSR count). The Bertz CT molecular complexity index is 1490. The largest absolute Gasteiger partial charge is 0.368 e. The number of nitrogens with one attached hydrogen (secondary N) is 3. The van der Waals surface area contributed by atoms with Gasteiger partial charge in [-0.2, -0.15) is 4.98 Å². The van der Waals surface area contributed by atoms with Crippen LogP contribution in [-0.2, 0) is 21.5 Å². The van der Waals surface area contributed by atoms with Gasteiger partial charge in [0, 0.05) is 73.2 Å². The first-order chi connectivity index (χ1) is 18.6. The van der Waals surface area contributed by atoms with Crippen molar-refractivity contribution in [3.05, 3.63) is 72.1 Å².